The fraction of sp³-hybridized carbons (Fsp3) is 0.0769. The highest BCUT2D eigenvalue weighted by Crippen LogP contribution is 2.25. The Balaban J connectivity index is 2.38. The number of nitrogens with one attached hydrogen (secondary N) is 2. The van der Waals surface area contributed by atoms with Crippen LogP contribution in [0.1, 0.15) is 10.4 Å². The third-order valence-electron chi connectivity index (χ3n) is 2.68. The van der Waals surface area contributed by atoms with Gasteiger partial charge in [-0.15, -0.1) is 0 Å². The summed E-state index contributed by atoms with van der Waals surface area (Å²) in [4.78, 5) is 26.2. The molecule has 110 valence electrons. The molecule has 2 N–H and O–H groups in total. The quantitative estimate of drug-likeness (QED) is 0.897. The van der Waals surface area contributed by atoms with Gasteiger partial charge in [0, 0.05) is 24.7 Å². The first kappa shape index (κ1) is 15.3. The minimum absolute atomic E-state index is 0.0178. The molecule has 2 rings (SSSR count). The summed E-state index contributed by atoms with van der Waals surface area (Å²) in [5, 5.41) is 2.59. The lowest BCUT2D eigenvalue weighted by molar-refractivity contribution is 0.102. The van der Waals surface area contributed by atoms with Gasteiger partial charge in [0.25, 0.3) is 5.91 Å². The number of aromatic amines is 1. The van der Waals surface area contributed by atoms with Gasteiger partial charge in [0.05, 0.1) is 15.6 Å². The molecule has 0 aliphatic carbocycles. The lowest BCUT2D eigenvalue weighted by atomic mass is 10.2. The highest BCUT2D eigenvalue weighted by molar-refractivity contribution is 7.90. The first-order valence-corrected chi connectivity index (χ1v) is 8.04. The third kappa shape index (κ3) is 3.50. The fourth-order valence-corrected chi connectivity index (χ4v) is 2.43. The minimum atomic E-state index is -3.43. The van der Waals surface area contributed by atoms with Gasteiger partial charge in [0.1, 0.15) is 5.56 Å². The van der Waals surface area contributed by atoms with Crippen molar-refractivity contribution in [3.63, 3.8) is 0 Å². The second-order valence-electron chi connectivity index (χ2n) is 4.29. The number of hydrogen-bond acceptors (Lipinski definition) is 4. The maximum Gasteiger partial charge on any atom is 0.261 e. The summed E-state index contributed by atoms with van der Waals surface area (Å²) in [5.74, 6) is -0.676. The first-order chi connectivity index (χ1) is 9.79. The zero-order valence-electron chi connectivity index (χ0n) is 10.9. The van der Waals surface area contributed by atoms with Gasteiger partial charge in [-0.25, -0.2) is 8.42 Å². The van der Waals surface area contributed by atoms with Crippen LogP contribution in [0.5, 0.6) is 0 Å². The summed E-state index contributed by atoms with van der Waals surface area (Å²) in [6.07, 6.45) is 3.70. The van der Waals surface area contributed by atoms with Crippen LogP contribution < -0.4 is 10.7 Å². The Morgan fingerprint density at radius 2 is 2.00 bits per heavy atom. The van der Waals surface area contributed by atoms with Crippen LogP contribution in [-0.4, -0.2) is 25.6 Å². The standard InChI is InChI=1S/C13H11ClN2O4S/c1-21(19,20)8-2-3-10(14)11(6-8)16-13(18)9-7-15-5-4-12(9)17/h2-7H,1H3,(H,15,17)(H,16,18). The maximum atomic E-state index is 12.0. The van der Waals surface area contributed by atoms with Crippen LogP contribution in [0.15, 0.2) is 46.3 Å². The van der Waals surface area contributed by atoms with E-state index < -0.39 is 21.2 Å². The largest absolute Gasteiger partial charge is 0.367 e. The molecule has 0 atom stereocenters. The predicted octanol–water partition coefficient (Wildman–Crippen LogP) is 1.68. The Morgan fingerprint density at radius 1 is 1.29 bits per heavy atom. The molecule has 0 bridgehead atoms. The van der Waals surface area contributed by atoms with Gasteiger partial charge in [-0.3, -0.25) is 9.59 Å². The van der Waals surface area contributed by atoms with Crippen molar-refractivity contribution < 1.29 is 13.2 Å². The minimum Gasteiger partial charge on any atom is -0.367 e. The number of carbonyl (C=O) groups is 1. The van der Waals surface area contributed by atoms with Gasteiger partial charge < -0.3 is 10.3 Å². The molecule has 1 heterocycles. The van der Waals surface area contributed by atoms with Crippen LogP contribution >= 0.6 is 11.6 Å². The summed E-state index contributed by atoms with van der Waals surface area (Å²) in [7, 11) is -3.43. The average molecular weight is 327 g/mol. The molecule has 2 aromatic rings. The number of rotatable bonds is 3. The number of pyridine rings is 1. The zero-order valence-corrected chi connectivity index (χ0v) is 12.5. The van der Waals surface area contributed by atoms with E-state index in [4.69, 9.17) is 11.6 Å². The van der Waals surface area contributed by atoms with Crippen LogP contribution in [0.4, 0.5) is 5.69 Å². The van der Waals surface area contributed by atoms with E-state index in [-0.39, 0.29) is 21.2 Å². The number of H-pyrrole nitrogens is 1. The maximum absolute atomic E-state index is 12.0. The van der Waals surface area contributed by atoms with E-state index in [2.05, 4.69) is 10.3 Å². The molecule has 1 aromatic heterocycles. The van der Waals surface area contributed by atoms with Crippen molar-refractivity contribution >= 4 is 33.0 Å². The molecule has 8 heteroatoms. The Labute approximate surface area is 125 Å². The number of benzene rings is 1. The Hall–Kier alpha value is -2.12. The molecule has 0 aliphatic heterocycles. The van der Waals surface area contributed by atoms with Gasteiger partial charge in [-0.1, -0.05) is 11.6 Å². The lowest BCUT2D eigenvalue weighted by Gasteiger charge is -2.08. The van der Waals surface area contributed by atoms with Gasteiger partial charge in [-0.2, -0.15) is 0 Å². The molecular weight excluding hydrogens is 316 g/mol. The molecule has 21 heavy (non-hydrogen) atoms. The van der Waals surface area contributed by atoms with Crippen molar-refractivity contribution in [2.45, 2.75) is 4.90 Å². The van der Waals surface area contributed by atoms with Crippen molar-refractivity contribution in [3.8, 4) is 0 Å². The molecule has 0 fully saturated rings. The number of aromatic nitrogens is 1. The van der Waals surface area contributed by atoms with Crippen molar-refractivity contribution in [1.29, 1.82) is 0 Å². The van der Waals surface area contributed by atoms with Crippen LogP contribution in [0.3, 0.4) is 0 Å². The molecule has 1 aromatic carbocycles. The highest BCUT2D eigenvalue weighted by Gasteiger charge is 2.14. The smallest absolute Gasteiger partial charge is 0.261 e. The van der Waals surface area contributed by atoms with Crippen molar-refractivity contribution in [2.75, 3.05) is 11.6 Å². The molecule has 0 unspecified atom stereocenters. The zero-order chi connectivity index (χ0) is 15.6. The lowest BCUT2D eigenvalue weighted by Crippen LogP contribution is -2.21. The molecule has 0 spiro atoms. The molecule has 0 saturated carbocycles. The molecule has 1 amide bonds. The number of halogens is 1. The second kappa shape index (κ2) is 5.71. The molecule has 0 saturated heterocycles. The Bertz CT molecular complexity index is 858. The SMILES string of the molecule is CS(=O)(=O)c1ccc(Cl)c(NC(=O)c2c[nH]ccc2=O)c1. The molecule has 0 aliphatic rings. The van der Waals surface area contributed by atoms with Crippen LogP contribution in [0.2, 0.25) is 5.02 Å². The number of hydrogen-bond donors (Lipinski definition) is 2. The van der Waals surface area contributed by atoms with E-state index in [0.717, 1.165) is 6.26 Å². The van der Waals surface area contributed by atoms with Gasteiger partial charge in [-0.05, 0) is 18.2 Å². The highest BCUT2D eigenvalue weighted by atomic mass is 35.5. The predicted molar refractivity (Wildman–Crippen MR) is 79.6 cm³/mol. The van der Waals surface area contributed by atoms with Crippen LogP contribution in [0.25, 0.3) is 0 Å². The van der Waals surface area contributed by atoms with E-state index in [1.807, 2.05) is 0 Å². The molecule has 0 radical (unpaired) electrons. The normalized spacial score (nSPS) is 11.1. The molecular formula is C13H11ClN2O4S. The van der Waals surface area contributed by atoms with Gasteiger partial charge >= 0.3 is 0 Å². The number of anilines is 1. The summed E-state index contributed by atoms with van der Waals surface area (Å²) in [6, 6.07) is 5.15. The van der Waals surface area contributed by atoms with Gasteiger partial charge in [0.15, 0.2) is 15.3 Å². The number of amides is 1. The fourth-order valence-electron chi connectivity index (χ4n) is 1.61. The van der Waals surface area contributed by atoms with Crippen LogP contribution in [0, 0.1) is 0 Å². The summed E-state index contributed by atoms with van der Waals surface area (Å²) < 4.78 is 23.0. The third-order valence-corrected chi connectivity index (χ3v) is 4.12. The van der Waals surface area contributed by atoms with E-state index in [9.17, 15) is 18.0 Å². The number of carbonyl (C=O) groups excluding carboxylic acids is 1. The van der Waals surface area contributed by atoms with Crippen molar-refractivity contribution in [1.82, 2.24) is 4.98 Å². The Kier molecular flexibility index (Phi) is 4.15. The second-order valence-corrected chi connectivity index (χ2v) is 6.71. The monoisotopic (exact) mass is 326 g/mol. The van der Waals surface area contributed by atoms with E-state index in [0.29, 0.717) is 0 Å². The first-order valence-electron chi connectivity index (χ1n) is 5.77. The summed E-state index contributed by atoms with van der Waals surface area (Å²) in [5.41, 5.74) is -0.437. The van der Waals surface area contributed by atoms with E-state index >= 15 is 0 Å². The Morgan fingerprint density at radius 3 is 2.62 bits per heavy atom. The summed E-state index contributed by atoms with van der Waals surface area (Å²) in [6.45, 7) is 0. The molecule has 6 nitrogen and oxygen atoms in total. The average Bonchev–Trinajstić information content (AvgIpc) is 2.40. The van der Waals surface area contributed by atoms with Crippen molar-refractivity contribution in [3.05, 3.63) is 57.5 Å². The summed E-state index contributed by atoms with van der Waals surface area (Å²) >= 11 is 5.92. The van der Waals surface area contributed by atoms with E-state index in [1.165, 1.54) is 36.7 Å². The topological polar surface area (TPSA) is 96.1 Å². The van der Waals surface area contributed by atoms with Crippen LogP contribution in [-0.2, 0) is 9.84 Å². The number of sulfone groups is 1. The van der Waals surface area contributed by atoms with E-state index in [1.54, 1.807) is 0 Å². The van der Waals surface area contributed by atoms with Gasteiger partial charge in [0.2, 0.25) is 0 Å². The van der Waals surface area contributed by atoms with Crippen molar-refractivity contribution in [2.24, 2.45) is 0 Å².